The molecule has 0 saturated carbocycles. The zero-order valence-corrected chi connectivity index (χ0v) is 9.38. The summed E-state index contributed by atoms with van der Waals surface area (Å²) >= 11 is 5.50. The minimum Gasteiger partial charge on any atom is -0.497 e. The number of carbonyl (C=O) groups is 1. The van der Waals surface area contributed by atoms with Crippen molar-refractivity contribution in [2.75, 3.05) is 18.3 Å². The molecule has 3 nitrogen and oxygen atoms in total. The molecule has 1 N–H and O–H groups in total. The van der Waals surface area contributed by atoms with Crippen molar-refractivity contribution in [1.82, 2.24) is 0 Å². The molecular formula is C11H14ClNO2. The molecule has 1 rings (SSSR count). The fourth-order valence-corrected chi connectivity index (χ4v) is 1.29. The standard InChI is InChI=1S/C11H14ClNO2/c1-15-10-5-2-4-9(8-10)13-11(14)6-3-7-12/h2,4-5,8H,3,6-7H2,1H3,(H,13,14). The van der Waals surface area contributed by atoms with E-state index in [-0.39, 0.29) is 5.91 Å². The van der Waals surface area contributed by atoms with E-state index < -0.39 is 0 Å². The van der Waals surface area contributed by atoms with Gasteiger partial charge in [0.25, 0.3) is 0 Å². The maximum atomic E-state index is 11.4. The molecule has 0 heterocycles. The molecule has 0 aliphatic rings. The molecule has 1 aromatic rings. The predicted molar refractivity (Wildman–Crippen MR) is 61.6 cm³/mol. The van der Waals surface area contributed by atoms with Crippen LogP contribution in [0, 0.1) is 0 Å². The molecule has 82 valence electrons. The van der Waals surface area contributed by atoms with Crippen molar-refractivity contribution in [1.29, 1.82) is 0 Å². The largest absolute Gasteiger partial charge is 0.497 e. The second-order valence-electron chi connectivity index (χ2n) is 3.07. The van der Waals surface area contributed by atoms with E-state index in [1.165, 1.54) is 0 Å². The Morgan fingerprint density at radius 1 is 1.53 bits per heavy atom. The van der Waals surface area contributed by atoms with Crippen LogP contribution in [0.4, 0.5) is 5.69 Å². The molecule has 0 spiro atoms. The van der Waals surface area contributed by atoms with Crippen LogP contribution >= 0.6 is 11.6 Å². The molecule has 4 heteroatoms. The first-order chi connectivity index (χ1) is 7.26. The molecule has 0 saturated heterocycles. The van der Waals surface area contributed by atoms with Crippen LogP contribution in [0.2, 0.25) is 0 Å². The number of methoxy groups -OCH3 is 1. The third kappa shape index (κ3) is 4.21. The van der Waals surface area contributed by atoms with Gasteiger partial charge in [-0.1, -0.05) is 6.07 Å². The number of rotatable bonds is 5. The molecule has 0 aliphatic heterocycles. The highest BCUT2D eigenvalue weighted by atomic mass is 35.5. The first-order valence-electron chi connectivity index (χ1n) is 4.76. The molecule has 0 bridgehead atoms. The van der Waals surface area contributed by atoms with Gasteiger partial charge in [0.1, 0.15) is 5.75 Å². The van der Waals surface area contributed by atoms with E-state index in [1.807, 2.05) is 18.2 Å². The van der Waals surface area contributed by atoms with Crippen LogP contribution in [0.5, 0.6) is 5.75 Å². The van der Waals surface area contributed by atoms with Gasteiger partial charge < -0.3 is 10.1 Å². The van der Waals surface area contributed by atoms with E-state index >= 15 is 0 Å². The van der Waals surface area contributed by atoms with Crippen LogP contribution in [0.1, 0.15) is 12.8 Å². The Kier molecular flexibility index (Phi) is 4.98. The van der Waals surface area contributed by atoms with E-state index in [1.54, 1.807) is 13.2 Å². The van der Waals surface area contributed by atoms with Gasteiger partial charge in [-0.05, 0) is 18.6 Å². The van der Waals surface area contributed by atoms with Crippen molar-refractivity contribution in [3.8, 4) is 5.75 Å². The highest BCUT2D eigenvalue weighted by Gasteiger charge is 2.02. The molecule has 1 aromatic carbocycles. The summed E-state index contributed by atoms with van der Waals surface area (Å²) in [6.07, 6.45) is 1.14. The van der Waals surface area contributed by atoms with Crippen molar-refractivity contribution in [2.45, 2.75) is 12.8 Å². The summed E-state index contributed by atoms with van der Waals surface area (Å²) in [5.41, 5.74) is 0.744. The summed E-state index contributed by atoms with van der Waals surface area (Å²) in [5, 5.41) is 2.77. The highest BCUT2D eigenvalue weighted by molar-refractivity contribution is 6.18. The van der Waals surface area contributed by atoms with Crippen molar-refractivity contribution in [2.24, 2.45) is 0 Å². The molecule has 0 aromatic heterocycles. The van der Waals surface area contributed by atoms with E-state index in [9.17, 15) is 4.79 Å². The molecule has 1 amide bonds. The number of anilines is 1. The summed E-state index contributed by atoms with van der Waals surface area (Å²) < 4.78 is 5.05. The second-order valence-corrected chi connectivity index (χ2v) is 3.45. The molecule has 0 unspecified atom stereocenters. The fraction of sp³-hybridized carbons (Fsp3) is 0.364. The second kappa shape index (κ2) is 6.30. The fourth-order valence-electron chi connectivity index (χ4n) is 1.15. The Hall–Kier alpha value is -1.22. The van der Waals surface area contributed by atoms with Gasteiger partial charge in [-0.25, -0.2) is 0 Å². The lowest BCUT2D eigenvalue weighted by molar-refractivity contribution is -0.116. The molecule has 15 heavy (non-hydrogen) atoms. The smallest absolute Gasteiger partial charge is 0.224 e. The zero-order valence-electron chi connectivity index (χ0n) is 8.63. The van der Waals surface area contributed by atoms with Gasteiger partial charge in [0.2, 0.25) is 5.91 Å². The van der Waals surface area contributed by atoms with Gasteiger partial charge in [0.15, 0.2) is 0 Å². The van der Waals surface area contributed by atoms with Gasteiger partial charge in [-0.2, -0.15) is 0 Å². The Bertz CT molecular complexity index is 328. The topological polar surface area (TPSA) is 38.3 Å². The third-order valence-electron chi connectivity index (χ3n) is 1.89. The Labute approximate surface area is 94.4 Å². The molecular weight excluding hydrogens is 214 g/mol. The monoisotopic (exact) mass is 227 g/mol. The summed E-state index contributed by atoms with van der Waals surface area (Å²) in [5.74, 6) is 1.21. The molecule has 0 fully saturated rings. The van der Waals surface area contributed by atoms with Crippen molar-refractivity contribution in [3.05, 3.63) is 24.3 Å². The number of ether oxygens (including phenoxy) is 1. The lowest BCUT2D eigenvalue weighted by Crippen LogP contribution is -2.11. The molecule has 0 atom stereocenters. The Balaban J connectivity index is 2.52. The Morgan fingerprint density at radius 2 is 2.33 bits per heavy atom. The van der Waals surface area contributed by atoms with Crippen LogP contribution < -0.4 is 10.1 Å². The minimum absolute atomic E-state index is 0.0242. The predicted octanol–water partition coefficient (Wildman–Crippen LogP) is 2.65. The molecule has 0 radical (unpaired) electrons. The van der Waals surface area contributed by atoms with Gasteiger partial charge in [0.05, 0.1) is 7.11 Å². The van der Waals surface area contributed by atoms with Gasteiger partial charge in [-0.15, -0.1) is 11.6 Å². The molecule has 0 aliphatic carbocycles. The van der Waals surface area contributed by atoms with E-state index in [0.29, 0.717) is 18.7 Å². The number of hydrogen-bond donors (Lipinski definition) is 1. The van der Waals surface area contributed by atoms with E-state index in [2.05, 4.69) is 5.32 Å². The number of halogens is 1. The SMILES string of the molecule is COc1cccc(NC(=O)CCCCl)c1. The lowest BCUT2D eigenvalue weighted by atomic mass is 10.2. The quantitative estimate of drug-likeness (QED) is 0.786. The maximum absolute atomic E-state index is 11.4. The summed E-state index contributed by atoms with van der Waals surface area (Å²) in [4.78, 5) is 11.4. The number of alkyl halides is 1. The minimum atomic E-state index is -0.0242. The third-order valence-corrected chi connectivity index (χ3v) is 2.16. The normalized spacial score (nSPS) is 9.73. The number of hydrogen-bond acceptors (Lipinski definition) is 2. The number of benzene rings is 1. The van der Waals surface area contributed by atoms with Gasteiger partial charge in [-0.3, -0.25) is 4.79 Å². The van der Waals surface area contributed by atoms with E-state index in [0.717, 1.165) is 11.4 Å². The van der Waals surface area contributed by atoms with Crippen molar-refractivity contribution < 1.29 is 9.53 Å². The number of nitrogens with one attached hydrogen (secondary N) is 1. The summed E-state index contributed by atoms with van der Waals surface area (Å²) in [6, 6.07) is 7.25. The average Bonchev–Trinajstić information content (AvgIpc) is 2.26. The zero-order chi connectivity index (χ0) is 11.1. The maximum Gasteiger partial charge on any atom is 0.224 e. The van der Waals surface area contributed by atoms with Gasteiger partial charge >= 0.3 is 0 Å². The Morgan fingerprint density at radius 3 is 3.00 bits per heavy atom. The highest BCUT2D eigenvalue weighted by Crippen LogP contribution is 2.16. The first kappa shape index (κ1) is 11.9. The van der Waals surface area contributed by atoms with Gasteiger partial charge in [0, 0.05) is 24.1 Å². The first-order valence-corrected chi connectivity index (χ1v) is 5.29. The average molecular weight is 228 g/mol. The van der Waals surface area contributed by atoms with Crippen LogP contribution in [-0.4, -0.2) is 18.9 Å². The van der Waals surface area contributed by atoms with Crippen LogP contribution in [-0.2, 0) is 4.79 Å². The summed E-state index contributed by atoms with van der Waals surface area (Å²) in [7, 11) is 1.59. The number of amides is 1. The van der Waals surface area contributed by atoms with Crippen molar-refractivity contribution >= 4 is 23.2 Å². The van der Waals surface area contributed by atoms with Crippen LogP contribution in [0.25, 0.3) is 0 Å². The van der Waals surface area contributed by atoms with Crippen molar-refractivity contribution in [3.63, 3.8) is 0 Å². The van der Waals surface area contributed by atoms with E-state index in [4.69, 9.17) is 16.3 Å². The summed E-state index contributed by atoms with van der Waals surface area (Å²) in [6.45, 7) is 0. The van der Waals surface area contributed by atoms with Crippen LogP contribution in [0.3, 0.4) is 0 Å². The number of carbonyl (C=O) groups excluding carboxylic acids is 1. The lowest BCUT2D eigenvalue weighted by Gasteiger charge is -2.06. The van der Waals surface area contributed by atoms with Crippen LogP contribution in [0.15, 0.2) is 24.3 Å².